The quantitative estimate of drug-likeness (QED) is 0.745. The van der Waals surface area contributed by atoms with Crippen LogP contribution in [0.25, 0.3) is 0 Å². The van der Waals surface area contributed by atoms with Crippen LogP contribution in [0.15, 0.2) is 36.4 Å². The number of ether oxygens (including phenoxy) is 1. The highest BCUT2D eigenvalue weighted by Crippen LogP contribution is 2.37. The smallest absolute Gasteiger partial charge is 0.150 e. The van der Waals surface area contributed by atoms with Crippen molar-refractivity contribution < 1.29 is 20.1 Å². The number of rotatable bonds is 1. The Bertz CT molecular complexity index is 651. The predicted octanol–water partition coefficient (Wildman–Crippen LogP) is 2.44. The fraction of sp³-hybridized carbons (Fsp3) is 0.250. The van der Waals surface area contributed by atoms with Crippen LogP contribution in [0.3, 0.4) is 0 Å². The van der Waals surface area contributed by atoms with E-state index in [2.05, 4.69) is 0 Å². The zero-order valence-electron chi connectivity index (χ0n) is 11.1. The van der Waals surface area contributed by atoms with Crippen molar-refractivity contribution in [3.8, 4) is 17.2 Å². The highest BCUT2D eigenvalue weighted by Gasteiger charge is 2.30. The first-order valence-electron chi connectivity index (χ1n) is 6.51. The molecule has 0 fully saturated rings. The molecule has 4 heteroatoms. The van der Waals surface area contributed by atoms with E-state index in [-0.39, 0.29) is 11.5 Å². The number of phenols is 2. The lowest BCUT2D eigenvalue weighted by atomic mass is 9.94. The average molecular weight is 272 g/mol. The zero-order chi connectivity index (χ0) is 14.3. The molecule has 0 saturated carbocycles. The van der Waals surface area contributed by atoms with Crippen LogP contribution in [0.5, 0.6) is 17.2 Å². The van der Waals surface area contributed by atoms with Crippen LogP contribution in [-0.2, 0) is 6.42 Å². The number of benzene rings is 2. The topological polar surface area (TPSA) is 69.9 Å². The minimum atomic E-state index is -0.686. The number of aromatic hydroxyl groups is 2. The standard InChI is InChI=1S/C16H16O4/c1-9-2-3-11(7-13(9)18)16-14(19)6-10-4-5-12(17)8-15(10)20-16/h2-5,7-8,14,16-19H,6H2,1H3/t14-,16-/m1/s1. The number of aliphatic hydroxyl groups excluding tert-OH is 1. The summed E-state index contributed by atoms with van der Waals surface area (Å²) in [6.45, 7) is 1.81. The summed E-state index contributed by atoms with van der Waals surface area (Å²) in [6, 6.07) is 10.1. The highest BCUT2D eigenvalue weighted by atomic mass is 16.5. The molecule has 2 aromatic carbocycles. The van der Waals surface area contributed by atoms with Crippen LogP contribution < -0.4 is 4.74 Å². The molecule has 3 rings (SSSR count). The summed E-state index contributed by atoms with van der Waals surface area (Å²) in [7, 11) is 0. The summed E-state index contributed by atoms with van der Waals surface area (Å²) in [5, 5.41) is 29.5. The van der Waals surface area contributed by atoms with Gasteiger partial charge in [-0.1, -0.05) is 18.2 Å². The maximum Gasteiger partial charge on any atom is 0.150 e. The molecule has 104 valence electrons. The molecular formula is C16H16O4. The van der Waals surface area contributed by atoms with Gasteiger partial charge < -0.3 is 20.1 Å². The molecule has 3 N–H and O–H groups in total. The lowest BCUT2D eigenvalue weighted by Gasteiger charge is -2.31. The van der Waals surface area contributed by atoms with Gasteiger partial charge >= 0.3 is 0 Å². The molecule has 0 radical (unpaired) electrons. The fourth-order valence-electron chi connectivity index (χ4n) is 2.46. The van der Waals surface area contributed by atoms with Crippen molar-refractivity contribution in [1.82, 2.24) is 0 Å². The van der Waals surface area contributed by atoms with E-state index in [0.29, 0.717) is 12.2 Å². The van der Waals surface area contributed by atoms with Crippen molar-refractivity contribution in [1.29, 1.82) is 0 Å². The molecule has 2 atom stereocenters. The van der Waals surface area contributed by atoms with Crippen LogP contribution in [0.4, 0.5) is 0 Å². The minimum Gasteiger partial charge on any atom is -0.508 e. The van der Waals surface area contributed by atoms with Crippen molar-refractivity contribution in [2.75, 3.05) is 0 Å². The Hall–Kier alpha value is -2.20. The normalized spacial score (nSPS) is 21.1. The van der Waals surface area contributed by atoms with Crippen molar-refractivity contribution >= 4 is 0 Å². The van der Waals surface area contributed by atoms with E-state index in [1.54, 1.807) is 30.3 Å². The van der Waals surface area contributed by atoms with Crippen LogP contribution in [-0.4, -0.2) is 21.4 Å². The Balaban J connectivity index is 1.97. The summed E-state index contributed by atoms with van der Waals surface area (Å²) in [5.74, 6) is 0.881. The Labute approximate surface area is 116 Å². The van der Waals surface area contributed by atoms with Gasteiger partial charge in [0, 0.05) is 12.5 Å². The van der Waals surface area contributed by atoms with Gasteiger partial charge in [-0.05, 0) is 35.7 Å². The molecule has 1 heterocycles. The molecule has 0 unspecified atom stereocenters. The van der Waals surface area contributed by atoms with Crippen LogP contribution in [0, 0.1) is 6.92 Å². The van der Waals surface area contributed by atoms with Gasteiger partial charge in [0.05, 0.1) is 6.10 Å². The molecule has 1 aliphatic rings. The average Bonchev–Trinajstić information content (AvgIpc) is 2.42. The number of phenolic OH excluding ortho intramolecular Hbond substituents is 2. The number of hydrogen-bond donors (Lipinski definition) is 3. The summed E-state index contributed by atoms with van der Waals surface area (Å²) in [6.07, 6.45) is -0.778. The third-order valence-corrected chi connectivity index (χ3v) is 3.64. The van der Waals surface area contributed by atoms with E-state index >= 15 is 0 Å². The second-order valence-corrected chi connectivity index (χ2v) is 5.15. The Morgan fingerprint density at radius 3 is 2.65 bits per heavy atom. The summed E-state index contributed by atoms with van der Waals surface area (Å²) < 4.78 is 5.78. The summed E-state index contributed by atoms with van der Waals surface area (Å²) in [4.78, 5) is 0. The Kier molecular flexibility index (Phi) is 3.03. The van der Waals surface area contributed by atoms with Gasteiger partial charge in [-0.2, -0.15) is 0 Å². The monoisotopic (exact) mass is 272 g/mol. The molecule has 0 bridgehead atoms. The zero-order valence-corrected chi connectivity index (χ0v) is 11.1. The fourth-order valence-corrected chi connectivity index (χ4v) is 2.46. The number of aryl methyl sites for hydroxylation is 1. The van der Waals surface area contributed by atoms with Gasteiger partial charge in [0.1, 0.15) is 23.4 Å². The van der Waals surface area contributed by atoms with Crippen LogP contribution in [0.2, 0.25) is 0 Å². The third-order valence-electron chi connectivity index (χ3n) is 3.64. The Morgan fingerprint density at radius 2 is 1.90 bits per heavy atom. The molecular weight excluding hydrogens is 256 g/mol. The Morgan fingerprint density at radius 1 is 1.10 bits per heavy atom. The number of fused-ring (bicyclic) bond motifs is 1. The van der Waals surface area contributed by atoms with Crippen molar-refractivity contribution in [3.63, 3.8) is 0 Å². The lowest BCUT2D eigenvalue weighted by Crippen LogP contribution is -2.30. The van der Waals surface area contributed by atoms with Gasteiger partial charge in [0.2, 0.25) is 0 Å². The minimum absolute atomic E-state index is 0.130. The van der Waals surface area contributed by atoms with E-state index in [1.807, 2.05) is 13.0 Å². The number of aliphatic hydroxyl groups is 1. The maximum absolute atomic E-state index is 10.2. The van der Waals surface area contributed by atoms with E-state index in [9.17, 15) is 15.3 Å². The molecule has 0 spiro atoms. The van der Waals surface area contributed by atoms with E-state index in [0.717, 1.165) is 16.7 Å². The summed E-state index contributed by atoms with van der Waals surface area (Å²) in [5.41, 5.74) is 2.36. The molecule has 0 aromatic heterocycles. The largest absolute Gasteiger partial charge is 0.508 e. The van der Waals surface area contributed by atoms with Gasteiger partial charge in [-0.3, -0.25) is 0 Å². The van der Waals surface area contributed by atoms with Gasteiger partial charge in [-0.15, -0.1) is 0 Å². The third kappa shape index (κ3) is 2.18. The predicted molar refractivity (Wildman–Crippen MR) is 74.0 cm³/mol. The van der Waals surface area contributed by atoms with Gasteiger partial charge in [-0.25, -0.2) is 0 Å². The molecule has 0 amide bonds. The lowest BCUT2D eigenvalue weighted by molar-refractivity contribution is 0.0205. The first kappa shape index (κ1) is 12.8. The molecule has 20 heavy (non-hydrogen) atoms. The van der Waals surface area contributed by atoms with E-state index in [4.69, 9.17) is 4.74 Å². The molecule has 2 aromatic rings. The number of hydrogen-bond acceptors (Lipinski definition) is 4. The SMILES string of the molecule is Cc1ccc([C@H]2Oc3cc(O)ccc3C[C@H]2O)cc1O. The first-order chi connectivity index (χ1) is 9.54. The van der Waals surface area contributed by atoms with Crippen molar-refractivity contribution in [2.45, 2.75) is 25.6 Å². The van der Waals surface area contributed by atoms with Gasteiger partial charge in [0.25, 0.3) is 0 Å². The molecule has 1 aliphatic heterocycles. The van der Waals surface area contributed by atoms with Crippen LogP contribution in [0.1, 0.15) is 22.8 Å². The second kappa shape index (κ2) is 4.72. The van der Waals surface area contributed by atoms with E-state index in [1.165, 1.54) is 0 Å². The molecule has 4 nitrogen and oxygen atoms in total. The van der Waals surface area contributed by atoms with Crippen molar-refractivity contribution in [3.05, 3.63) is 53.1 Å². The second-order valence-electron chi connectivity index (χ2n) is 5.15. The maximum atomic E-state index is 10.2. The summed E-state index contributed by atoms with van der Waals surface area (Å²) >= 11 is 0. The first-order valence-corrected chi connectivity index (χ1v) is 6.51. The van der Waals surface area contributed by atoms with Crippen LogP contribution >= 0.6 is 0 Å². The molecule has 0 aliphatic carbocycles. The van der Waals surface area contributed by atoms with Crippen molar-refractivity contribution in [2.24, 2.45) is 0 Å². The molecule has 0 saturated heterocycles. The highest BCUT2D eigenvalue weighted by molar-refractivity contribution is 5.44. The van der Waals surface area contributed by atoms with E-state index < -0.39 is 12.2 Å². The van der Waals surface area contributed by atoms with Gasteiger partial charge in [0.15, 0.2) is 0 Å².